The first kappa shape index (κ1) is 16.6. The largest absolute Gasteiger partial charge is 0.435 e. The molecule has 0 saturated heterocycles. The van der Waals surface area contributed by atoms with Gasteiger partial charge in [-0.1, -0.05) is 18.2 Å². The average Bonchev–Trinajstić information content (AvgIpc) is 3.01. The van der Waals surface area contributed by atoms with Gasteiger partial charge in [0.25, 0.3) is 5.91 Å². The molecular formula is C17H14F2N4O2. The van der Waals surface area contributed by atoms with Crippen LogP contribution in [-0.2, 0) is 7.05 Å². The van der Waals surface area contributed by atoms with Crippen molar-refractivity contribution in [2.45, 2.75) is 6.61 Å². The van der Waals surface area contributed by atoms with E-state index < -0.39 is 12.5 Å². The molecule has 8 heteroatoms. The summed E-state index contributed by atoms with van der Waals surface area (Å²) in [5.41, 5.74) is 1.49. The van der Waals surface area contributed by atoms with E-state index >= 15 is 0 Å². The van der Waals surface area contributed by atoms with E-state index in [0.29, 0.717) is 11.5 Å². The van der Waals surface area contributed by atoms with Gasteiger partial charge in [-0.3, -0.25) is 9.48 Å². The molecular weight excluding hydrogens is 330 g/mol. The van der Waals surface area contributed by atoms with E-state index in [2.05, 4.69) is 20.1 Å². The molecule has 0 fully saturated rings. The number of amides is 1. The van der Waals surface area contributed by atoms with Gasteiger partial charge in [0.15, 0.2) is 5.82 Å². The van der Waals surface area contributed by atoms with Crippen molar-refractivity contribution >= 4 is 11.6 Å². The molecule has 25 heavy (non-hydrogen) atoms. The number of alkyl halides is 2. The van der Waals surface area contributed by atoms with Crippen molar-refractivity contribution in [1.29, 1.82) is 0 Å². The fourth-order valence-corrected chi connectivity index (χ4v) is 2.22. The number of aromatic nitrogens is 3. The Balaban J connectivity index is 1.77. The van der Waals surface area contributed by atoms with Crippen molar-refractivity contribution in [3.05, 3.63) is 60.4 Å². The smallest absolute Gasteiger partial charge is 0.387 e. The van der Waals surface area contributed by atoms with Gasteiger partial charge in [-0.15, -0.1) is 0 Å². The Labute approximate surface area is 142 Å². The maximum atomic E-state index is 12.3. The Morgan fingerprint density at radius 2 is 2.00 bits per heavy atom. The summed E-state index contributed by atoms with van der Waals surface area (Å²) in [5, 5.41) is 6.92. The third-order valence-corrected chi connectivity index (χ3v) is 3.30. The summed E-state index contributed by atoms with van der Waals surface area (Å²) in [6.45, 7) is -2.94. The molecule has 0 aliphatic rings. The average molecular weight is 344 g/mol. The monoisotopic (exact) mass is 344 g/mol. The van der Waals surface area contributed by atoms with Gasteiger partial charge in [0, 0.05) is 23.9 Å². The van der Waals surface area contributed by atoms with Gasteiger partial charge >= 0.3 is 6.61 Å². The van der Waals surface area contributed by atoms with Crippen LogP contribution >= 0.6 is 0 Å². The van der Waals surface area contributed by atoms with Crippen molar-refractivity contribution in [3.63, 3.8) is 0 Å². The van der Waals surface area contributed by atoms with Crippen LogP contribution in [0.15, 0.2) is 54.9 Å². The molecule has 0 atom stereocenters. The van der Waals surface area contributed by atoms with E-state index in [4.69, 9.17) is 0 Å². The summed E-state index contributed by atoms with van der Waals surface area (Å²) >= 11 is 0. The molecule has 6 nitrogen and oxygen atoms in total. The van der Waals surface area contributed by atoms with Crippen LogP contribution in [0.3, 0.4) is 0 Å². The highest BCUT2D eigenvalue weighted by molar-refractivity contribution is 6.04. The van der Waals surface area contributed by atoms with Crippen LogP contribution in [0.25, 0.3) is 11.4 Å². The van der Waals surface area contributed by atoms with Gasteiger partial charge in [0.05, 0.1) is 0 Å². The minimum absolute atomic E-state index is 0.0749. The molecule has 0 aliphatic heterocycles. The third-order valence-electron chi connectivity index (χ3n) is 3.30. The number of ether oxygens (including phenoxy) is 1. The molecule has 1 aromatic heterocycles. The lowest BCUT2D eigenvalue weighted by Gasteiger charge is -2.08. The standard InChI is InChI=1S/C17H14F2N4O2/c1-23-10-20-15(22-23)11-4-2-6-13(8-11)21-16(24)12-5-3-7-14(9-12)25-17(18)19/h2-10,17H,1H3,(H,21,24). The molecule has 0 spiro atoms. The number of nitrogens with one attached hydrogen (secondary N) is 1. The Hall–Kier alpha value is -3.29. The third kappa shape index (κ3) is 4.17. The second-order valence-electron chi connectivity index (χ2n) is 5.18. The topological polar surface area (TPSA) is 69.0 Å². The highest BCUT2D eigenvalue weighted by atomic mass is 19.3. The van der Waals surface area contributed by atoms with Crippen LogP contribution in [0.5, 0.6) is 5.75 Å². The molecule has 3 aromatic rings. The molecule has 0 bridgehead atoms. The summed E-state index contributed by atoms with van der Waals surface area (Å²) in [7, 11) is 1.76. The lowest BCUT2D eigenvalue weighted by molar-refractivity contribution is -0.0498. The molecule has 1 N–H and O–H groups in total. The summed E-state index contributed by atoms with van der Waals surface area (Å²) in [6, 6.07) is 12.6. The summed E-state index contributed by atoms with van der Waals surface area (Å²) in [4.78, 5) is 16.5. The summed E-state index contributed by atoms with van der Waals surface area (Å²) in [6.07, 6.45) is 1.58. The van der Waals surface area contributed by atoms with Crippen molar-refractivity contribution < 1.29 is 18.3 Å². The van der Waals surface area contributed by atoms with Gasteiger partial charge in [-0.25, -0.2) is 4.98 Å². The molecule has 0 saturated carbocycles. The van der Waals surface area contributed by atoms with Crippen molar-refractivity contribution in [2.24, 2.45) is 7.05 Å². The zero-order chi connectivity index (χ0) is 17.8. The van der Waals surface area contributed by atoms with Crippen molar-refractivity contribution in [3.8, 4) is 17.1 Å². The van der Waals surface area contributed by atoms with Gasteiger partial charge < -0.3 is 10.1 Å². The summed E-state index contributed by atoms with van der Waals surface area (Å²) in [5.74, 6) is 0.0193. The van der Waals surface area contributed by atoms with Crippen LogP contribution in [-0.4, -0.2) is 27.3 Å². The molecule has 1 heterocycles. The SMILES string of the molecule is Cn1cnc(-c2cccc(NC(=O)c3cccc(OC(F)F)c3)c2)n1. The van der Waals surface area contributed by atoms with E-state index in [9.17, 15) is 13.6 Å². The second kappa shape index (κ2) is 7.08. The second-order valence-corrected chi connectivity index (χ2v) is 5.18. The van der Waals surface area contributed by atoms with Crippen LogP contribution in [0.1, 0.15) is 10.4 Å². The number of nitrogens with zero attached hydrogens (tertiary/aromatic N) is 3. The number of anilines is 1. The summed E-state index contributed by atoms with van der Waals surface area (Å²) < 4.78 is 30.4. The highest BCUT2D eigenvalue weighted by Gasteiger charge is 2.11. The Kier molecular flexibility index (Phi) is 4.69. The maximum absolute atomic E-state index is 12.3. The zero-order valence-electron chi connectivity index (χ0n) is 13.2. The predicted molar refractivity (Wildman–Crippen MR) is 87.5 cm³/mol. The molecule has 0 unspecified atom stereocenters. The van der Waals surface area contributed by atoms with Gasteiger partial charge in [0.1, 0.15) is 12.1 Å². The fourth-order valence-electron chi connectivity index (χ4n) is 2.22. The van der Waals surface area contributed by atoms with Crippen molar-refractivity contribution in [2.75, 3.05) is 5.32 Å². The normalized spacial score (nSPS) is 10.7. The zero-order valence-corrected chi connectivity index (χ0v) is 13.2. The van der Waals surface area contributed by atoms with E-state index in [1.807, 2.05) is 6.07 Å². The number of benzene rings is 2. The van der Waals surface area contributed by atoms with Crippen LogP contribution < -0.4 is 10.1 Å². The van der Waals surface area contributed by atoms with E-state index in [1.165, 1.54) is 24.3 Å². The number of carbonyl (C=O) groups excluding carboxylic acids is 1. The quantitative estimate of drug-likeness (QED) is 0.771. The highest BCUT2D eigenvalue weighted by Crippen LogP contribution is 2.21. The van der Waals surface area contributed by atoms with Gasteiger partial charge in [0.2, 0.25) is 0 Å². The minimum atomic E-state index is -2.94. The molecule has 2 aromatic carbocycles. The predicted octanol–water partition coefficient (Wildman–Crippen LogP) is 3.34. The molecule has 0 radical (unpaired) electrons. The lowest BCUT2D eigenvalue weighted by atomic mass is 10.1. The van der Waals surface area contributed by atoms with Gasteiger partial charge in [-0.05, 0) is 30.3 Å². The Bertz CT molecular complexity index is 896. The van der Waals surface area contributed by atoms with E-state index in [0.717, 1.165) is 5.56 Å². The number of aryl methyl sites for hydroxylation is 1. The first-order valence-corrected chi connectivity index (χ1v) is 7.33. The molecule has 3 rings (SSSR count). The first-order valence-electron chi connectivity index (χ1n) is 7.33. The van der Waals surface area contributed by atoms with E-state index in [1.54, 1.807) is 36.3 Å². The molecule has 0 aliphatic carbocycles. The van der Waals surface area contributed by atoms with Crippen molar-refractivity contribution in [1.82, 2.24) is 14.8 Å². The number of hydrogen-bond donors (Lipinski definition) is 1. The molecule has 128 valence electrons. The minimum Gasteiger partial charge on any atom is -0.435 e. The van der Waals surface area contributed by atoms with E-state index in [-0.39, 0.29) is 11.3 Å². The number of rotatable bonds is 5. The maximum Gasteiger partial charge on any atom is 0.387 e. The number of halogens is 2. The fraction of sp³-hybridized carbons (Fsp3) is 0.118. The lowest BCUT2D eigenvalue weighted by Crippen LogP contribution is -2.12. The molecule has 1 amide bonds. The number of carbonyl (C=O) groups is 1. The van der Waals surface area contributed by atoms with Crippen LogP contribution in [0.4, 0.5) is 14.5 Å². The number of hydrogen-bond acceptors (Lipinski definition) is 4. The van der Waals surface area contributed by atoms with Crippen LogP contribution in [0, 0.1) is 0 Å². The van der Waals surface area contributed by atoms with Gasteiger partial charge in [-0.2, -0.15) is 13.9 Å². The first-order chi connectivity index (χ1) is 12.0. The van der Waals surface area contributed by atoms with Crippen LogP contribution in [0.2, 0.25) is 0 Å². The Morgan fingerprint density at radius 3 is 2.72 bits per heavy atom. The Morgan fingerprint density at radius 1 is 1.20 bits per heavy atom.